The van der Waals surface area contributed by atoms with Gasteiger partial charge in [0.05, 0.1) is 0 Å². The second kappa shape index (κ2) is 6.36. The van der Waals surface area contributed by atoms with Crippen molar-refractivity contribution in [2.45, 2.75) is 0 Å². The summed E-state index contributed by atoms with van der Waals surface area (Å²) in [5.74, 6) is -0.319. The molecule has 0 aromatic heterocycles. The molecule has 2 aromatic carbocycles. The molecule has 0 saturated carbocycles. The molecule has 0 radical (unpaired) electrons. The highest BCUT2D eigenvalue weighted by atomic mass is 35.5. The van der Waals surface area contributed by atoms with E-state index in [2.05, 4.69) is 10.6 Å². The maximum Gasteiger partial charge on any atom is 0.257 e. The van der Waals surface area contributed by atoms with Crippen molar-refractivity contribution in [3.05, 3.63) is 59.1 Å². The molecule has 0 heterocycles. The number of hydrogen-bond acceptors (Lipinski definition) is 3. The van der Waals surface area contributed by atoms with Gasteiger partial charge in [-0.25, -0.2) is 0 Å². The van der Waals surface area contributed by atoms with Gasteiger partial charge < -0.3 is 11.1 Å². The van der Waals surface area contributed by atoms with E-state index in [9.17, 15) is 4.79 Å². The van der Waals surface area contributed by atoms with Crippen LogP contribution in [0, 0.1) is 0 Å². The third-order valence-electron chi connectivity index (χ3n) is 2.48. The van der Waals surface area contributed by atoms with E-state index < -0.39 is 0 Å². The number of nitrogens with one attached hydrogen (secondary N) is 2. The molecule has 102 valence electrons. The van der Waals surface area contributed by atoms with Gasteiger partial charge in [0.1, 0.15) is 0 Å². The van der Waals surface area contributed by atoms with Crippen molar-refractivity contribution in [2.24, 2.45) is 0 Å². The Balaban J connectivity index is 1.97. The van der Waals surface area contributed by atoms with Crippen molar-refractivity contribution in [2.75, 3.05) is 11.1 Å². The van der Waals surface area contributed by atoms with E-state index in [0.29, 0.717) is 16.3 Å². The molecular weight excluding hydrogens is 294 g/mol. The van der Waals surface area contributed by atoms with Crippen LogP contribution in [0.1, 0.15) is 10.4 Å². The van der Waals surface area contributed by atoms with Gasteiger partial charge in [-0.05, 0) is 54.7 Å². The average Bonchev–Trinajstić information content (AvgIpc) is 2.41. The molecule has 0 fully saturated rings. The van der Waals surface area contributed by atoms with Gasteiger partial charge in [0.25, 0.3) is 5.91 Å². The summed E-state index contributed by atoms with van der Waals surface area (Å²) in [4.78, 5) is 11.9. The van der Waals surface area contributed by atoms with Gasteiger partial charge in [-0.2, -0.15) is 0 Å². The number of thiocarbonyl (C=S) groups is 1. The zero-order chi connectivity index (χ0) is 14.5. The molecule has 0 atom stereocenters. The number of anilines is 2. The number of carbonyl (C=O) groups is 1. The van der Waals surface area contributed by atoms with Crippen LogP contribution < -0.4 is 16.4 Å². The van der Waals surface area contributed by atoms with E-state index in [0.717, 1.165) is 5.69 Å². The largest absolute Gasteiger partial charge is 0.399 e. The number of nitrogens with two attached hydrogens (primary N) is 1. The zero-order valence-corrected chi connectivity index (χ0v) is 12.0. The third kappa shape index (κ3) is 3.94. The fourth-order valence-electron chi connectivity index (χ4n) is 1.53. The number of amides is 1. The van der Waals surface area contributed by atoms with Gasteiger partial charge in [-0.1, -0.05) is 17.7 Å². The Bertz CT molecular complexity index is 643. The summed E-state index contributed by atoms with van der Waals surface area (Å²) in [6, 6.07) is 13.7. The Hall–Kier alpha value is -2.11. The van der Waals surface area contributed by atoms with Gasteiger partial charge in [0.15, 0.2) is 5.11 Å². The standard InChI is InChI=1S/C14H12ClN3OS/c15-10-3-1-2-9(8-10)13(19)18-14(20)17-12-6-4-11(16)5-7-12/h1-8H,16H2,(H2,17,18,19,20). The first-order valence-corrected chi connectivity index (χ1v) is 6.56. The van der Waals surface area contributed by atoms with E-state index >= 15 is 0 Å². The molecule has 2 aromatic rings. The number of benzene rings is 2. The van der Waals surface area contributed by atoms with Gasteiger partial charge in [0.2, 0.25) is 0 Å². The van der Waals surface area contributed by atoms with Gasteiger partial charge in [-0.15, -0.1) is 0 Å². The summed E-state index contributed by atoms with van der Waals surface area (Å²) >= 11 is 10.9. The van der Waals surface area contributed by atoms with Crippen LogP contribution in [0.2, 0.25) is 5.02 Å². The highest BCUT2D eigenvalue weighted by molar-refractivity contribution is 7.80. The lowest BCUT2D eigenvalue weighted by Gasteiger charge is -2.09. The van der Waals surface area contributed by atoms with Gasteiger partial charge >= 0.3 is 0 Å². The molecule has 0 bridgehead atoms. The van der Waals surface area contributed by atoms with Crippen molar-refractivity contribution in [1.82, 2.24) is 5.32 Å². The highest BCUT2D eigenvalue weighted by Gasteiger charge is 2.08. The zero-order valence-electron chi connectivity index (χ0n) is 10.4. The Morgan fingerprint density at radius 3 is 2.50 bits per heavy atom. The Kier molecular flexibility index (Phi) is 4.55. The van der Waals surface area contributed by atoms with E-state index in [1.54, 1.807) is 48.5 Å². The van der Waals surface area contributed by atoms with Crippen LogP contribution in [-0.2, 0) is 0 Å². The molecule has 0 aliphatic carbocycles. The highest BCUT2D eigenvalue weighted by Crippen LogP contribution is 2.12. The van der Waals surface area contributed by atoms with Crippen LogP contribution in [-0.4, -0.2) is 11.0 Å². The Morgan fingerprint density at radius 2 is 1.85 bits per heavy atom. The average molecular weight is 306 g/mol. The normalized spacial score (nSPS) is 9.85. The minimum atomic E-state index is -0.319. The van der Waals surface area contributed by atoms with Crippen molar-refractivity contribution in [3.8, 4) is 0 Å². The quantitative estimate of drug-likeness (QED) is 0.589. The number of nitrogen functional groups attached to an aromatic ring is 1. The summed E-state index contributed by atoms with van der Waals surface area (Å²) in [6.07, 6.45) is 0. The summed E-state index contributed by atoms with van der Waals surface area (Å²) in [5, 5.41) is 6.18. The summed E-state index contributed by atoms with van der Waals surface area (Å²) in [5.41, 5.74) is 7.43. The first-order valence-electron chi connectivity index (χ1n) is 5.78. The molecule has 2 rings (SSSR count). The minimum Gasteiger partial charge on any atom is -0.399 e. The lowest BCUT2D eigenvalue weighted by atomic mass is 10.2. The van der Waals surface area contributed by atoms with Gasteiger partial charge in [0, 0.05) is 22.0 Å². The molecule has 0 spiro atoms. The molecule has 6 heteroatoms. The molecule has 0 aliphatic rings. The molecular formula is C14H12ClN3OS. The summed E-state index contributed by atoms with van der Waals surface area (Å²) in [7, 11) is 0. The number of hydrogen-bond donors (Lipinski definition) is 3. The van der Waals surface area contributed by atoms with Crippen molar-refractivity contribution >= 4 is 46.2 Å². The molecule has 0 unspecified atom stereocenters. The second-order valence-electron chi connectivity index (χ2n) is 4.04. The summed E-state index contributed by atoms with van der Waals surface area (Å²) < 4.78 is 0. The first-order chi connectivity index (χ1) is 9.54. The lowest BCUT2D eigenvalue weighted by Crippen LogP contribution is -2.34. The maximum absolute atomic E-state index is 11.9. The second-order valence-corrected chi connectivity index (χ2v) is 4.89. The Morgan fingerprint density at radius 1 is 1.15 bits per heavy atom. The van der Waals surface area contributed by atoms with Crippen LogP contribution in [0.5, 0.6) is 0 Å². The summed E-state index contributed by atoms with van der Waals surface area (Å²) in [6.45, 7) is 0. The molecule has 4 N–H and O–H groups in total. The molecule has 20 heavy (non-hydrogen) atoms. The molecule has 1 amide bonds. The molecule has 4 nitrogen and oxygen atoms in total. The van der Waals surface area contributed by atoms with Crippen LogP contribution in [0.25, 0.3) is 0 Å². The third-order valence-corrected chi connectivity index (χ3v) is 2.92. The first kappa shape index (κ1) is 14.3. The van der Waals surface area contributed by atoms with E-state index in [-0.39, 0.29) is 11.0 Å². The molecule has 0 saturated heterocycles. The fourth-order valence-corrected chi connectivity index (χ4v) is 1.93. The monoisotopic (exact) mass is 305 g/mol. The van der Waals surface area contributed by atoms with Crippen LogP contribution in [0.15, 0.2) is 48.5 Å². The topological polar surface area (TPSA) is 67.2 Å². The predicted molar refractivity (Wildman–Crippen MR) is 86.0 cm³/mol. The number of halogens is 1. The van der Waals surface area contributed by atoms with E-state index in [1.807, 2.05) is 0 Å². The van der Waals surface area contributed by atoms with E-state index in [4.69, 9.17) is 29.6 Å². The minimum absolute atomic E-state index is 0.208. The Labute approximate surface area is 126 Å². The van der Waals surface area contributed by atoms with Crippen LogP contribution in [0.4, 0.5) is 11.4 Å². The van der Waals surface area contributed by atoms with Crippen molar-refractivity contribution in [3.63, 3.8) is 0 Å². The number of carbonyl (C=O) groups excluding carboxylic acids is 1. The van der Waals surface area contributed by atoms with Crippen LogP contribution >= 0.6 is 23.8 Å². The van der Waals surface area contributed by atoms with E-state index in [1.165, 1.54) is 0 Å². The van der Waals surface area contributed by atoms with Crippen LogP contribution in [0.3, 0.4) is 0 Å². The maximum atomic E-state index is 11.9. The van der Waals surface area contributed by atoms with Crippen molar-refractivity contribution in [1.29, 1.82) is 0 Å². The predicted octanol–water partition coefficient (Wildman–Crippen LogP) is 3.05. The number of rotatable bonds is 2. The lowest BCUT2D eigenvalue weighted by molar-refractivity contribution is 0.0977. The molecule has 0 aliphatic heterocycles. The smallest absolute Gasteiger partial charge is 0.257 e. The fraction of sp³-hybridized carbons (Fsp3) is 0. The SMILES string of the molecule is Nc1ccc(NC(=S)NC(=O)c2cccc(Cl)c2)cc1. The van der Waals surface area contributed by atoms with Crippen molar-refractivity contribution < 1.29 is 4.79 Å². The van der Waals surface area contributed by atoms with Gasteiger partial charge in [-0.3, -0.25) is 10.1 Å².